The third-order valence-corrected chi connectivity index (χ3v) is 5.82. The van der Waals surface area contributed by atoms with E-state index < -0.39 is 0 Å². The maximum absolute atomic E-state index is 12.5. The Hall–Kier alpha value is -1.30. The predicted octanol–water partition coefficient (Wildman–Crippen LogP) is 2.40. The van der Waals surface area contributed by atoms with Crippen LogP contribution >= 0.6 is 12.4 Å². The van der Waals surface area contributed by atoms with Crippen molar-refractivity contribution in [2.45, 2.75) is 51.2 Å². The molecule has 1 saturated carbocycles. The topological polar surface area (TPSA) is 75.8 Å². The first-order chi connectivity index (χ1) is 11.6. The number of aliphatic hydroxyl groups is 1. The summed E-state index contributed by atoms with van der Waals surface area (Å²) in [6.07, 6.45) is 3.43. The molecule has 1 spiro atoms. The lowest BCUT2D eigenvalue weighted by Crippen LogP contribution is -2.62. The molecule has 2 atom stereocenters. The minimum Gasteiger partial charge on any atom is -0.399 e. The highest BCUT2D eigenvalue weighted by atomic mass is 35.5. The van der Waals surface area contributed by atoms with Gasteiger partial charge in [0.05, 0.1) is 12.2 Å². The quantitative estimate of drug-likeness (QED) is 0.782. The SMILES string of the molecule is CCOC1CC(O)C12CCN(C(=O)CCc1ccccc1N)CC2.Cl. The Labute approximate surface area is 155 Å². The van der Waals surface area contributed by atoms with E-state index in [4.69, 9.17) is 10.5 Å². The van der Waals surface area contributed by atoms with Gasteiger partial charge < -0.3 is 20.5 Å². The van der Waals surface area contributed by atoms with Crippen LogP contribution < -0.4 is 5.73 Å². The average molecular weight is 369 g/mol. The van der Waals surface area contributed by atoms with Gasteiger partial charge in [0.1, 0.15) is 0 Å². The van der Waals surface area contributed by atoms with Crippen LogP contribution in [0.15, 0.2) is 24.3 Å². The molecule has 2 unspecified atom stereocenters. The van der Waals surface area contributed by atoms with Crippen LogP contribution in [0.1, 0.15) is 38.2 Å². The summed E-state index contributed by atoms with van der Waals surface area (Å²) in [6.45, 7) is 4.10. The second-order valence-corrected chi connectivity index (χ2v) is 7.01. The first-order valence-electron chi connectivity index (χ1n) is 8.97. The molecule has 3 rings (SSSR count). The highest BCUT2D eigenvalue weighted by Crippen LogP contribution is 2.50. The maximum atomic E-state index is 12.5. The Balaban J connectivity index is 0.00000225. The minimum absolute atomic E-state index is 0. The van der Waals surface area contributed by atoms with Crippen molar-refractivity contribution < 1.29 is 14.6 Å². The van der Waals surface area contributed by atoms with Gasteiger partial charge in [0, 0.05) is 43.6 Å². The normalized spacial score (nSPS) is 24.5. The molecule has 2 aliphatic rings. The van der Waals surface area contributed by atoms with Crippen LogP contribution in [0.5, 0.6) is 0 Å². The number of carbonyl (C=O) groups is 1. The average Bonchev–Trinajstić information content (AvgIpc) is 2.61. The van der Waals surface area contributed by atoms with Gasteiger partial charge in [-0.2, -0.15) is 0 Å². The number of rotatable bonds is 5. The third kappa shape index (κ3) is 3.94. The van der Waals surface area contributed by atoms with Crippen LogP contribution in [0, 0.1) is 5.41 Å². The number of nitrogen functional groups attached to an aromatic ring is 1. The molecule has 3 N–H and O–H groups in total. The van der Waals surface area contributed by atoms with E-state index in [1.807, 2.05) is 36.1 Å². The Morgan fingerprint density at radius 3 is 2.64 bits per heavy atom. The van der Waals surface area contributed by atoms with Gasteiger partial charge in [-0.15, -0.1) is 12.4 Å². The van der Waals surface area contributed by atoms with Crippen LogP contribution in [-0.4, -0.2) is 47.8 Å². The number of hydrogen-bond donors (Lipinski definition) is 2. The van der Waals surface area contributed by atoms with Crippen LogP contribution in [0.4, 0.5) is 5.69 Å². The van der Waals surface area contributed by atoms with Crippen LogP contribution in [0.3, 0.4) is 0 Å². The van der Waals surface area contributed by atoms with Crippen molar-refractivity contribution in [1.29, 1.82) is 0 Å². The maximum Gasteiger partial charge on any atom is 0.222 e. The fourth-order valence-electron chi connectivity index (χ4n) is 4.15. The molecule has 1 aromatic carbocycles. The number of aryl methyl sites for hydroxylation is 1. The summed E-state index contributed by atoms with van der Waals surface area (Å²) in [5.74, 6) is 0.176. The van der Waals surface area contributed by atoms with Gasteiger partial charge in [-0.3, -0.25) is 4.79 Å². The van der Waals surface area contributed by atoms with Gasteiger partial charge in [0.15, 0.2) is 0 Å². The number of piperidine rings is 1. The van der Waals surface area contributed by atoms with Crippen molar-refractivity contribution in [3.05, 3.63) is 29.8 Å². The Morgan fingerprint density at radius 1 is 1.36 bits per heavy atom. The summed E-state index contributed by atoms with van der Waals surface area (Å²) in [6, 6.07) is 7.71. The Kier molecular flexibility index (Phi) is 6.72. The summed E-state index contributed by atoms with van der Waals surface area (Å²) in [4.78, 5) is 14.4. The molecule has 5 nitrogen and oxygen atoms in total. The number of aliphatic hydroxyl groups excluding tert-OH is 1. The van der Waals surface area contributed by atoms with Gasteiger partial charge >= 0.3 is 0 Å². The van der Waals surface area contributed by atoms with Crippen molar-refractivity contribution in [1.82, 2.24) is 4.90 Å². The molecule has 1 aliphatic carbocycles. The van der Waals surface area contributed by atoms with E-state index in [0.29, 0.717) is 32.5 Å². The number of benzene rings is 1. The summed E-state index contributed by atoms with van der Waals surface area (Å²) >= 11 is 0. The second kappa shape index (κ2) is 8.39. The van der Waals surface area contributed by atoms with E-state index in [-0.39, 0.29) is 35.9 Å². The first-order valence-corrected chi connectivity index (χ1v) is 8.97. The van der Waals surface area contributed by atoms with Gasteiger partial charge in [-0.25, -0.2) is 0 Å². The van der Waals surface area contributed by atoms with Crippen molar-refractivity contribution >= 4 is 24.0 Å². The van der Waals surface area contributed by atoms with Crippen LogP contribution in [0.2, 0.25) is 0 Å². The fraction of sp³-hybridized carbons (Fsp3) is 0.632. The van der Waals surface area contributed by atoms with E-state index in [0.717, 1.165) is 30.5 Å². The Bertz CT molecular complexity index is 586. The Morgan fingerprint density at radius 2 is 2.04 bits per heavy atom. The number of amides is 1. The number of nitrogens with zero attached hydrogens (tertiary/aromatic N) is 1. The zero-order chi connectivity index (χ0) is 17.2. The van der Waals surface area contributed by atoms with E-state index in [1.165, 1.54) is 0 Å². The smallest absolute Gasteiger partial charge is 0.222 e. The molecule has 25 heavy (non-hydrogen) atoms. The molecule has 1 amide bonds. The number of ether oxygens (including phenoxy) is 1. The predicted molar refractivity (Wildman–Crippen MR) is 101 cm³/mol. The van der Waals surface area contributed by atoms with Crippen molar-refractivity contribution in [3.8, 4) is 0 Å². The number of carbonyl (C=O) groups excluding carboxylic acids is 1. The van der Waals surface area contributed by atoms with E-state index >= 15 is 0 Å². The number of para-hydroxylation sites is 1. The summed E-state index contributed by atoms with van der Waals surface area (Å²) in [5.41, 5.74) is 7.59. The van der Waals surface area contributed by atoms with Crippen molar-refractivity contribution in [2.75, 3.05) is 25.4 Å². The molecule has 0 bridgehead atoms. The van der Waals surface area contributed by atoms with Gasteiger partial charge in [0.2, 0.25) is 5.91 Å². The highest BCUT2D eigenvalue weighted by Gasteiger charge is 2.56. The molecule has 0 aromatic heterocycles. The number of anilines is 1. The van der Waals surface area contributed by atoms with Crippen LogP contribution in [0.25, 0.3) is 0 Å². The van der Waals surface area contributed by atoms with E-state index in [2.05, 4.69) is 0 Å². The number of hydrogen-bond acceptors (Lipinski definition) is 4. The minimum atomic E-state index is -0.282. The lowest BCUT2D eigenvalue weighted by molar-refractivity contribution is -0.210. The molecular weight excluding hydrogens is 340 g/mol. The molecule has 1 saturated heterocycles. The van der Waals surface area contributed by atoms with Gasteiger partial charge in [-0.05, 0) is 37.8 Å². The van der Waals surface area contributed by atoms with Gasteiger partial charge in [-0.1, -0.05) is 18.2 Å². The molecular formula is C19H29ClN2O3. The second-order valence-electron chi connectivity index (χ2n) is 7.01. The lowest BCUT2D eigenvalue weighted by atomic mass is 9.58. The summed E-state index contributed by atoms with van der Waals surface area (Å²) in [5, 5.41) is 10.2. The number of halogens is 1. The molecule has 1 aromatic rings. The zero-order valence-corrected chi connectivity index (χ0v) is 15.6. The molecule has 140 valence electrons. The van der Waals surface area contributed by atoms with Crippen LogP contribution in [-0.2, 0) is 16.0 Å². The van der Waals surface area contributed by atoms with Gasteiger partial charge in [0.25, 0.3) is 0 Å². The molecule has 6 heteroatoms. The standard InChI is InChI=1S/C19H28N2O3.ClH/c1-2-24-17-13-16(22)19(17)9-11-21(12-10-19)18(23)8-7-14-5-3-4-6-15(14)20;/h3-6,16-17,22H,2,7-13,20H2,1H3;1H. The van der Waals surface area contributed by atoms with Crippen molar-refractivity contribution in [2.24, 2.45) is 5.41 Å². The number of nitrogens with two attached hydrogens (primary N) is 1. The van der Waals surface area contributed by atoms with E-state index in [9.17, 15) is 9.90 Å². The number of likely N-dealkylation sites (tertiary alicyclic amines) is 1. The highest BCUT2D eigenvalue weighted by molar-refractivity contribution is 5.85. The largest absolute Gasteiger partial charge is 0.399 e. The monoisotopic (exact) mass is 368 g/mol. The van der Waals surface area contributed by atoms with E-state index in [1.54, 1.807) is 0 Å². The summed E-state index contributed by atoms with van der Waals surface area (Å²) in [7, 11) is 0. The molecule has 2 fully saturated rings. The molecule has 0 radical (unpaired) electrons. The molecule has 1 aliphatic heterocycles. The zero-order valence-electron chi connectivity index (χ0n) is 14.8. The fourth-order valence-corrected chi connectivity index (χ4v) is 4.15. The molecule has 1 heterocycles. The summed E-state index contributed by atoms with van der Waals surface area (Å²) < 4.78 is 5.78. The van der Waals surface area contributed by atoms with Crippen molar-refractivity contribution in [3.63, 3.8) is 0 Å². The third-order valence-electron chi connectivity index (χ3n) is 5.82. The first kappa shape index (κ1) is 20.0. The lowest BCUT2D eigenvalue weighted by Gasteiger charge is -2.56.